The lowest BCUT2D eigenvalue weighted by Crippen LogP contribution is -2.32. The molecule has 2 heterocycles. The fraction of sp³-hybridized carbons (Fsp3) is 0.423. The van der Waals surface area contributed by atoms with E-state index in [0.29, 0.717) is 48.8 Å². The third kappa shape index (κ3) is 5.56. The highest BCUT2D eigenvalue weighted by molar-refractivity contribution is 6.46. The van der Waals surface area contributed by atoms with Gasteiger partial charge in [0, 0.05) is 24.5 Å². The maximum absolute atomic E-state index is 13.1. The molecule has 8 heteroatoms. The number of aliphatic hydroxyl groups is 1. The van der Waals surface area contributed by atoms with Gasteiger partial charge in [-0.3, -0.25) is 14.6 Å². The number of carbonyl (C=O) groups is 2. The summed E-state index contributed by atoms with van der Waals surface area (Å²) in [6.07, 6.45) is 4.60. The number of carbonyl (C=O) groups excluding carboxylic acids is 2. The van der Waals surface area contributed by atoms with Gasteiger partial charge in [-0.15, -0.1) is 0 Å². The van der Waals surface area contributed by atoms with E-state index in [2.05, 4.69) is 4.98 Å². The number of Topliss-reactive ketones (excluding diaryl/α,β-unsaturated/α-hetero) is 1. The van der Waals surface area contributed by atoms with Crippen molar-refractivity contribution in [3.8, 4) is 11.5 Å². The fourth-order valence-corrected chi connectivity index (χ4v) is 3.97. The summed E-state index contributed by atoms with van der Waals surface area (Å²) < 4.78 is 11.6. The summed E-state index contributed by atoms with van der Waals surface area (Å²) in [6, 6.07) is 7.89. The summed E-state index contributed by atoms with van der Waals surface area (Å²) in [5.41, 5.74) is 1.16. The van der Waals surface area contributed by atoms with E-state index in [0.717, 1.165) is 13.0 Å². The fourth-order valence-electron chi connectivity index (χ4n) is 3.97. The number of aromatic nitrogens is 1. The number of nitrogens with zero attached hydrogens (tertiary/aromatic N) is 3. The molecule has 1 saturated heterocycles. The molecule has 34 heavy (non-hydrogen) atoms. The Kier molecular flexibility index (Phi) is 8.65. The lowest BCUT2D eigenvalue weighted by atomic mass is 9.95. The van der Waals surface area contributed by atoms with Crippen molar-refractivity contribution < 1.29 is 24.2 Å². The van der Waals surface area contributed by atoms with Crippen LogP contribution in [0.5, 0.6) is 11.5 Å². The van der Waals surface area contributed by atoms with Crippen LogP contribution in [0.1, 0.15) is 43.9 Å². The van der Waals surface area contributed by atoms with Gasteiger partial charge in [0.2, 0.25) is 0 Å². The molecule has 1 aliphatic heterocycles. The minimum Gasteiger partial charge on any atom is -0.507 e. The van der Waals surface area contributed by atoms with Crippen LogP contribution in [0.4, 0.5) is 0 Å². The van der Waals surface area contributed by atoms with Crippen molar-refractivity contribution in [1.82, 2.24) is 14.8 Å². The largest absolute Gasteiger partial charge is 0.507 e. The van der Waals surface area contributed by atoms with Crippen LogP contribution in [-0.2, 0) is 9.59 Å². The number of ether oxygens (including phenoxy) is 2. The van der Waals surface area contributed by atoms with Crippen LogP contribution in [0, 0.1) is 0 Å². The lowest BCUT2D eigenvalue weighted by Gasteiger charge is -2.26. The Bertz CT molecular complexity index is 1040. The first kappa shape index (κ1) is 25.2. The minimum absolute atomic E-state index is 0.0609. The molecule has 1 aromatic heterocycles. The van der Waals surface area contributed by atoms with Gasteiger partial charge in [0.15, 0.2) is 11.5 Å². The molecule has 1 aromatic carbocycles. The molecule has 1 unspecified atom stereocenters. The van der Waals surface area contributed by atoms with E-state index in [1.54, 1.807) is 24.3 Å². The van der Waals surface area contributed by atoms with Gasteiger partial charge in [0.25, 0.3) is 11.7 Å². The van der Waals surface area contributed by atoms with Crippen LogP contribution in [0.25, 0.3) is 5.76 Å². The molecule has 182 valence electrons. The second kappa shape index (κ2) is 11.7. The zero-order valence-electron chi connectivity index (χ0n) is 20.3. The van der Waals surface area contributed by atoms with Gasteiger partial charge < -0.3 is 24.4 Å². The van der Waals surface area contributed by atoms with E-state index in [1.165, 1.54) is 17.3 Å². The molecule has 0 bridgehead atoms. The van der Waals surface area contributed by atoms with Gasteiger partial charge in [-0.05, 0) is 70.2 Å². The Morgan fingerprint density at radius 3 is 2.47 bits per heavy atom. The molecule has 1 amide bonds. The number of amides is 1. The quantitative estimate of drug-likeness (QED) is 0.306. The number of rotatable bonds is 11. The molecule has 0 saturated carbocycles. The molecule has 1 aliphatic rings. The van der Waals surface area contributed by atoms with E-state index >= 15 is 0 Å². The Morgan fingerprint density at radius 2 is 1.82 bits per heavy atom. The van der Waals surface area contributed by atoms with Crippen molar-refractivity contribution in [2.75, 3.05) is 40.4 Å². The van der Waals surface area contributed by atoms with Gasteiger partial charge in [0.05, 0.1) is 24.8 Å². The van der Waals surface area contributed by atoms with Gasteiger partial charge in [-0.2, -0.15) is 0 Å². The number of pyridine rings is 1. The number of likely N-dealkylation sites (tertiary alicyclic amines) is 1. The summed E-state index contributed by atoms with van der Waals surface area (Å²) in [5.74, 6) is -0.399. The number of hydrogen-bond donors (Lipinski definition) is 1. The third-order valence-electron chi connectivity index (χ3n) is 5.54. The highest BCUT2D eigenvalue weighted by atomic mass is 16.5. The van der Waals surface area contributed by atoms with Crippen molar-refractivity contribution in [3.05, 3.63) is 59.4 Å². The summed E-state index contributed by atoms with van der Waals surface area (Å²) in [4.78, 5) is 33.8. The predicted molar refractivity (Wildman–Crippen MR) is 130 cm³/mol. The molecule has 0 aliphatic carbocycles. The van der Waals surface area contributed by atoms with Crippen LogP contribution in [-0.4, -0.2) is 72.0 Å². The Hall–Kier alpha value is -3.39. The van der Waals surface area contributed by atoms with Crippen molar-refractivity contribution in [2.24, 2.45) is 0 Å². The summed E-state index contributed by atoms with van der Waals surface area (Å²) in [5, 5.41) is 11.1. The molecule has 0 spiro atoms. The van der Waals surface area contributed by atoms with Crippen LogP contribution in [0.3, 0.4) is 0 Å². The maximum Gasteiger partial charge on any atom is 0.295 e. The summed E-state index contributed by atoms with van der Waals surface area (Å²) >= 11 is 0. The molecule has 1 N–H and O–H groups in total. The van der Waals surface area contributed by atoms with E-state index in [4.69, 9.17) is 9.47 Å². The van der Waals surface area contributed by atoms with E-state index in [9.17, 15) is 14.7 Å². The van der Waals surface area contributed by atoms with Crippen LogP contribution in [0.15, 0.2) is 48.3 Å². The lowest BCUT2D eigenvalue weighted by molar-refractivity contribution is -0.139. The molecule has 1 atom stereocenters. The molecule has 2 aromatic rings. The van der Waals surface area contributed by atoms with E-state index in [1.807, 2.05) is 38.9 Å². The Morgan fingerprint density at radius 1 is 1.09 bits per heavy atom. The van der Waals surface area contributed by atoms with Crippen molar-refractivity contribution in [1.29, 1.82) is 0 Å². The third-order valence-corrected chi connectivity index (χ3v) is 5.54. The smallest absolute Gasteiger partial charge is 0.295 e. The number of ketones is 1. The van der Waals surface area contributed by atoms with Crippen molar-refractivity contribution in [2.45, 2.75) is 32.7 Å². The molecule has 3 rings (SSSR count). The average molecular weight is 468 g/mol. The second-order valence-corrected chi connectivity index (χ2v) is 8.37. The normalized spacial score (nSPS) is 17.4. The minimum atomic E-state index is -0.741. The van der Waals surface area contributed by atoms with Gasteiger partial charge in [0.1, 0.15) is 5.76 Å². The monoisotopic (exact) mass is 467 g/mol. The first-order chi connectivity index (χ1) is 16.4. The standard InChI is InChI=1S/C26H33N3O5/c1-5-16-34-20-9-8-19(17-21(20)33-6-2)23-22(24(30)18-10-12-27-13-11-18)25(31)26(32)29(23)15-7-14-28(3)4/h8-13,17,23,30H,5-7,14-16H2,1-4H3. The number of aliphatic hydroxyl groups excluding tert-OH is 1. The zero-order valence-corrected chi connectivity index (χ0v) is 20.3. The number of hydrogen-bond acceptors (Lipinski definition) is 7. The molecule has 1 fully saturated rings. The molecule has 0 radical (unpaired) electrons. The first-order valence-corrected chi connectivity index (χ1v) is 11.6. The number of benzene rings is 1. The predicted octanol–water partition coefficient (Wildman–Crippen LogP) is 3.64. The van der Waals surface area contributed by atoms with Crippen LogP contribution in [0.2, 0.25) is 0 Å². The first-order valence-electron chi connectivity index (χ1n) is 11.6. The molecular weight excluding hydrogens is 434 g/mol. The highest BCUT2D eigenvalue weighted by Gasteiger charge is 2.46. The van der Waals surface area contributed by atoms with E-state index in [-0.39, 0.29) is 11.3 Å². The average Bonchev–Trinajstić information content (AvgIpc) is 3.08. The summed E-state index contributed by atoms with van der Waals surface area (Å²) in [6.45, 7) is 6.02. The second-order valence-electron chi connectivity index (χ2n) is 8.37. The van der Waals surface area contributed by atoms with Crippen LogP contribution < -0.4 is 9.47 Å². The zero-order chi connectivity index (χ0) is 24.7. The Balaban J connectivity index is 2.11. The molecule has 8 nitrogen and oxygen atoms in total. The van der Waals surface area contributed by atoms with Gasteiger partial charge in [-0.1, -0.05) is 13.0 Å². The van der Waals surface area contributed by atoms with Crippen LogP contribution >= 0.6 is 0 Å². The van der Waals surface area contributed by atoms with Gasteiger partial charge >= 0.3 is 0 Å². The van der Waals surface area contributed by atoms with Crippen molar-refractivity contribution >= 4 is 17.4 Å². The highest BCUT2D eigenvalue weighted by Crippen LogP contribution is 2.42. The maximum atomic E-state index is 13.1. The molecular formula is C26H33N3O5. The SMILES string of the molecule is CCCOc1ccc(C2C(=C(O)c3ccncc3)C(=O)C(=O)N2CCCN(C)C)cc1OCC. The summed E-state index contributed by atoms with van der Waals surface area (Å²) in [7, 11) is 3.91. The van der Waals surface area contributed by atoms with Crippen molar-refractivity contribution in [3.63, 3.8) is 0 Å². The van der Waals surface area contributed by atoms with E-state index < -0.39 is 17.7 Å². The topological polar surface area (TPSA) is 92.2 Å². The van der Waals surface area contributed by atoms with Gasteiger partial charge in [-0.25, -0.2) is 0 Å². The Labute approximate surface area is 200 Å².